The van der Waals surface area contributed by atoms with Crippen LogP contribution in [0, 0.1) is 0 Å². The highest BCUT2D eigenvalue weighted by atomic mass is 16.6. The predicted molar refractivity (Wildman–Crippen MR) is 50.8 cm³/mol. The molecule has 1 N–H and O–H groups in total. The lowest BCUT2D eigenvalue weighted by Crippen LogP contribution is -2.26. The SMILES string of the molecule is CC(C)(C)OC(=O)n1cnc(C(=O)O)c1. The van der Waals surface area contributed by atoms with Crippen molar-refractivity contribution in [3.8, 4) is 0 Å². The number of carbonyl (C=O) groups is 2. The summed E-state index contributed by atoms with van der Waals surface area (Å²) in [6.07, 6.45) is 1.57. The van der Waals surface area contributed by atoms with Gasteiger partial charge in [0.1, 0.15) is 11.9 Å². The van der Waals surface area contributed by atoms with Crippen molar-refractivity contribution in [2.24, 2.45) is 0 Å². The minimum absolute atomic E-state index is 0.194. The Morgan fingerprint density at radius 2 is 2.07 bits per heavy atom. The average Bonchev–Trinajstić information content (AvgIpc) is 2.47. The van der Waals surface area contributed by atoms with E-state index in [0.29, 0.717) is 0 Å². The van der Waals surface area contributed by atoms with Crippen molar-refractivity contribution in [3.05, 3.63) is 18.2 Å². The first kappa shape index (κ1) is 11.2. The molecule has 0 bridgehead atoms. The number of aromatic nitrogens is 2. The molecule has 0 amide bonds. The maximum absolute atomic E-state index is 11.4. The van der Waals surface area contributed by atoms with Gasteiger partial charge >= 0.3 is 12.1 Å². The summed E-state index contributed by atoms with van der Waals surface area (Å²) < 4.78 is 6.00. The number of hydrogen-bond donors (Lipinski definition) is 1. The lowest BCUT2D eigenvalue weighted by atomic mass is 10.2. The van der Waals surface area contributed by atoms with Crippen LogP contribution in [0.25, 0.3) is 0 Å². The van der Waals surface area contributed by atoms with Crippen LogP contribution in [-0.4, -0.2) is 32.3 Å². The molecular formula is C9H12N2O4. The van der Waals surface area contributed by atoms with Crippen LogP contribution in [0.1, 0.15) is 31.3 Å². The smallest absolute Gasteiger partial charge is 0.419 e. The van der Waals surface area contributed by atoms with Crippen LogP contribution >= 0.6 is 0 Å². The van der Waals surface area contributed by atoms with Crippen LogP contribution in [0.5, 0.6) is 0 Å². The lowest BCUT2D eigenvalue weighted by Gasteiger charge is -2.18. The van der Waals surface area contributed by atoms with Gasteiger partial charge in [-0.25, -0.2) is 19.1 Å². The summed E-state index contributed by atoms with van der Waals surface area (Å²) >= 11 is 0. The quantitative estimate of drug-likeness (QED) is 0.760. The van der Waals surface area contributed by atoms with Crippen molar-refractivity contribution in [1.29, 1.82) is 0 Å². The number of aromatic carboxylic acids is 1. The van der Waals surface area contributed by atoms with E-state index in [1.165, 1.54) is 0 Å². The Bertz CT molecular complexity index is 389. The van der Waals surface area contributed by atoms with Crippen LogP contribution in [-0.2, 0) is 4.74 Å². The third-order valence-electron chi connectivity index (χ3n) is 1.41. The molecule has 1 aromatic heterocycles. The number of carboxylic acid groups (broad SMARTS) is 1. The summed E-state index contributed by atoms with van der Waals surface area (Å²) in [7, 11) is 0. The number of imidazole rings is 1. The molecule has 0 atom stereocenters. The predicted octanol–water partition coefficient (Wildman–Crippen LogP) is 1.36. The second-order valence-electron chi connectivity index (χ2n) is 3.95. The van der Waals surface area contributed by atoms with Crippen molar-refractivity contribution in [1.82, 2.24) is 9.55 Å². The first-order valence-corrected chi connectivity index (χ1v) is 4.30. The summed E-state index contributed by atoms with van der Waals surface area (Å²) in [5, 5.41) is 8.58. The van der Waals surface area contributed by atoms with E-state index in [0.717, 1.165) is 17.1 Å². The maximum Gasteiger partial charge on any atom is 0.419 e. The summed E-state index contributed by atoms with van der Waals surface area (Å²) in [4.78, 5) is 25.4. The molecule has 0 aliphatic carbocycles. The van der Waals surface area contributed by atoms with Gasteiger partial charge in [0.15, 0.2) is 5.69 Å². The fourth-order valence-electron chi connectivity index (χ4n) is 0.848. The Balaban J connectivity index is 2.79. The monoisotopic (exact) mass is 212 g/mol. The van der Waals surface area contributed by atoms with Gasteiger partial charge in [-0.15, -0.1) is 0 Å². The van der Waals surface area contributed by atoms with E-state index in [9.17, 15) is 9.59 Å². The molecule has 0 aliphatic heterocycles. The van der Waals surface area contributed by atoms with Gasteiger partial charge in [0, 0.05) is 6.20 Å². The number of hydrogen-bond acceptors (Lipinski definition) is 4. The summed E-state index contributed by atoms with van der Waals surface area (Å²) in [5.74, 6) is -1.18. The van der Waals surface area contributed by atoms with Crippen LogP contribution < -0.4 is 0 Å². The zero-order valence-electron chi connectivity index (χ0n) is 8.72. The largest absolute Gasteiger partial charge is 0.476 e. The molecule has 0 radical (unpaired) electrons. The molecule has 0 unspecified atom stereocenters. The number of ether oxygens (including phenoxy) is 1. The molecule has 6 nitrogen and oxygen atoms in total. The summed E-state index contributed by atoms with van der Waals surface area (Å²) in [5.41, 5.74) is -0.814. The van der Waals surface area contributed by atoms with Crippen molar-refractivity contribution < 1.29 is 19.4 Å². The molecule has 0 aromatic carbocycles. The van der Waals surface area contributed by atoms with Crippen LogP contribution in [0.4, 0.5) is 4.79 Å². The van der Waals surface area contributed by atoms with Crippen LogP contribution in [0.2, 0.25) is 0 Å². The van der Waals surface area contributed by atoms with Gasteiger partial charge < -0.3 is 9.84 Å². The Kier molecular flexibility index (Phi) is 2.78. The van der Waals surface area contributed by atoms with Crippen LogP contribution in [0.3, 0.4) is 0 Å². The fourth-order valence-corrected chi connectivity index (χ4v) is 0.848. The Labute approximate surface area is 86.5 Å². The molecule has 0 fully saturated rings. The molecule has 0 aliphatic rings. The van der Waals surface area contributed by atoms with E-state index in [1.54, 1.807) is 20.8 Å². The van der Waals surface area contributed by atoms with E-state index in [2.05, 4.69) is 4.98 Å². The maximum atomic E-state index is 11.4. The van der Waals surface area contributed by atoms with Crippen molar-refractivity contribution >= 4 is 12.1 Å². The minimum Gasteiger partial charge on any atom is -0.476 e. The highest BCUT2D eigenvalue weighted by molar-refractivity contribution is 5.86. The summed E-state index contributed by atoms with van der Waals surface area (Å²) in [6, 6.07) is 0. The molecule has 1 heterocycles. The Morgan fingerprint density at radius 1 is 1.47 bits per heavy atom. The second-order valence-corrected chi connectivity index (χ2v) is 3.95. The topological polar surface area (TPSA) is 81.4 Å². The highest BCUT2D eigenvalue weighted by Crippen LogP contribution is 2.09. The normalized spacial score (nSPS) is 11.1. The Hall–Kier alpha value is -1.85. The van der Waals surface area contributed by atoms with E-state index < -0.39 is 17.7 Å². The van der Waals surface area contributed by atoms with E-state index in [4.69, 9.17) is 9.84 Å². The first-order chi connectivity index (χ1) is 6.79. The second kappa shape index (κ2) is 3.72. The number of nitrogens with zero attached hydrogens (tertiary/aromatic N) is 2. The van der Waals surface area contributed by atoms with Crippen molar-refractivity contribution in [3.63, 3.8) is 0 Å². The molecule has 1 rings (SSSR count). The van der Waals surface area contributed by atoms with Gasteiger partial charge in [0.2, 0.25) is 0 Å². The van der Waals surface area contributed by atoms with E-state index in [1.807, 2.05) is 0 Å². The highest BCUT2D eigenvalue weighted by Gasteiger charge is 2.18. The molecule has 6 heteroatoms. The zero-order valence-corrected chi connectivity index (χ0v) is 8.72. The van der Waals surface area contributed by atoms with Gasteiger partial charge in [0.05, 0.1) is 0 Å². The molecule has 15 heavy (non-hydrogen) atoms. The average molecular weight is 212 g/mol. The lowest BCUT2D eigenvalue weighted by molar-refractivity contribution is 0.0536. The van der Waals surface area contributed by atoms with Gasteiger partial charge in [-0.1, -0.05) is 0 Å². The fraction of sp³-hybridized carbons (Fsp3) is 0.444. The van der Waals surface area contributed by atoms with Gasteiger partial charge in [-0.3, -0.25) is 0 Å². The standard InChI is InChI=1S/C9H12N2O4/c1-9(2,3)15-8(14)11-4-6(7(12)13)10-5-11/h4-5H,1-3H3,(H,12,13). The van der Waals surface area contributed by atoms with Crippen molar-refractivity contribution in [2.45, 2.75) is 26.4 Å². The molecule has 0 spiro atoms. The third-order valence-corrected chi connectivity index (χ3v) is 1.41. The van der Waals surface area contributed by atoms with Gasteiger partial charge in [0.25, 0.3) is 0 Å². The number of rotatable bonds is 1. The number of carboxylic acids is 1. The minimum atomic E-state index is -1.18. The van der Waals surface area contributed by atoms with Crippen molar-refractivity contribution in [2.75, 3.05) is 0 Å². The molecule has 82 valence electrons. The van der Waals surface area contributed by atoms with Gasteiger partial charge in [-0.05, 0) is 20.8 Å². The Morgan fingerprint density at radius 3 is 2.47 bits per heavy atom. The summed E-state index contributed by atoms with van der Waals surface area (Å²) in [6.45, 7) is 5.17. The zero-order chi connectivity index (χ0) is 11.6. The van der Waals surface area contributed by atoms with E-state index >= 15 is 0 Å². The molecule has 0 saturated carbocycles. The molecule has 1 aromatic rings. The third kappa shape index (κ3) is 3.08. The van der Waals surface area contributed by atoms with Crippen LogP contribution in [0.15, 0.2) is 12.5 Å². The van der Waals surface area contributed by atoms with Gasteiger partial charge in [-0.2, -0.15) is 0 Å². The molecule has 0 saturated heterocycles. The first-order valence-electron chi connectivity index (χ1n) is 4.30. The number of carbonyl (C=O) groups excluding carboxylic acids is 1. The van der Waals surface area contributed by atoms with E-state index in [-0.39, 0.29) is 5.69 Å². The molecular weight excluding hydrogens is 200 g/mol.